The fourth-order valence-electron chi connectivity index (χ4n) is 2.26. The Morgan fingerprint density at radius 3 is 2.35 bits per heavy atom. The molecule has 2 heteroatoms. The van der Waals surface area contributed by atoms with Gasteiger partial charge >= 0.3 is 0 Å². The maximum absolute atomic E-state index is 5.60. The lowest BCUT2D eigenvalue weighted by Crippen LogP contribution is -2.13. The van der Waals surface area contributed by atoms with Crippen molar-refractivity contribution < 1.29 is 4.42 Å². The molecule has 0 atom stereocenters. The van der Waals surface area contributed by atoms with Crippen LogP contribution in [0.2, 0.25) is 0 Å². The molecule has 2 aromatic rings. The fourth-order valence-corrected chi connectivity index (χ4v) is 2.26. The minimum absolute atomic E-state index is 0.195. The molecule has 0 radical (unpaired) electrons. The third kappa shape index (κ3) is 3.51. The molecule has 0 saturated carbocycles. The molecule has 0 unspecified atom stereocenters. The van der Waals surface area contributed by atoms with Crippen molar-refractivity contribution in [1.29, 1.82) is 0 Å². The van der Waals surface area contributed by atoms with E-state index in [0.717, 1.165) is 25.3 Å². The highest BCUT2D eigenvalue weighted by Gasteiger charge is 2.14. The van der Waals surface area contributed by atoms with Crippen LogP contribution in [0.25, 0.3) is 11.1 Å². The number of hydrogen-bond acceptors (Lipinski definition) is 2. The Hall–Kier alpha value is -1.54. The zero-order valence-corrected chi connectivity index (χ0v) is 13.0. The first kappa shape index (κ1) is 14.9. The van der Waals surface area contributed by atoms with Gasteiger partial charge in [0.05, 0.1) is 12.8 Å². The summed E-state index contributed by atoms with van der Waals surface area (Å²) in [6, 6.07) is 10.9. The highest BCUT2D eigenvalue weighted by Crippen LogP contribution is 2.28. The lowest BCUT2D eigenvalue weighted by atomic mass is 9.86. The van der Waals surface area contributed by atoms with E-state index in [1.165, 1.54) is 16.7 Å². The Balaban J connectivity index is 2.18. The van der Waals surface area contributed by atoms with E-state index in [-0.39, 0.29) is 5.41 Å². The van der Waals surface area contributed by atoms with Crippen molar-refractivity contribution in [2.45, 2.75) is 46.1 Å². The molecule has 0 spiro atoms. The quantitative estimate of drug-likeness (QED) is 0.794. The maximum Gasteiger partial charge on any atom is 0.125 e. The zero-order valence-electron chi connectivity index (χ0n) is 13.0. The summed E-state index contributed by atoms with van der Waals surface area (Å²) in [5.74, 6) is 1.02. The second-order valence-corrected chi connectivity index (χ2v) is 6.26. The van der Waals surface area contributed by atoms with Gasteiger partial charge in [-0.25, -0.2) is 0 Å². The van der Waals surface area contributed by atoms with Gasteiger partial charge in [-0.05, 0) is 35.6 Å². The molecule has 0 fully saturated rings. The van der Waals surface area contributed by atoms with Gasteiger partial charge in [-0.2, -0.15) is 0 Å². The third-order valence-electron chi connectivity index (χ3n) is 3.52. The molecule has 0 saturated heterocycles. The largest absolute Gasteiger partial charge is 0.467 e. The Labute approximate surface area is 122 Å². The summed E-state index contributed by atoms with van der Waals surface area (Å²) in [6.07, 6.45) is 2.91. The van der Waals surface area contributed by atoms with Crippen LogP contribution in [0.4, 0.5) is 0 Å². The standard InChI is InChI=1S/C18H25NO/c1-5-11-19-13-17-16(10-12-20-17)14-6-8-15(9-7-14)18(2,3)4/h6-10,12,19H,5,11,13H2,1-4H3. The molecular weight excluding hydrogens is 246 g/mol. The summed E-state index contributed by atoms with van der Waals surface area (Å²) in [6.45, 7) is 10.7. The Morgan fingerprint density at radius 2 is 1.75 bits per heavy atom. The van der Waals surface area contributed by atoms with Crippen LogP contribution in [0.3, 0.4) is 0 Å². The van der Waals surface area contributed by atoms with Gasteiger partial charge in [0, 0.05) is 5.56 Å². The summed E-state index contributed by atoms with van der Waals surface area (Å²) < 4.78 is 5.60. The van der Waals surface area contributed by atoms with E-state index in [9.17, 15) is 0 Å². The van der Waals surface area contributed by atoms with Crippen molar-refractivity contribution in [2.75, 3.05) is 6.54 Å². The lowest BCUT2D eigenvalue weighted by Gasteiger charge is -2.19. The molecule has 2 nitrogen and oxygen atoms in total. The molecule has 1 aromatic carbocycles. The third-order valence-corrected chi connectivity index (χ3v) is 3.52. The first-order valence-corrected chi connectivity index (χ1v) is 7.40. The molecule has 20 heavy (non-hydrogen) atoms. The van der Waals surface area contributed by atoms with Crippen LogP contribution in [0.1, 0.15) is 45.4 Å². The van der Waals surface area contributed by atoms with E-state index in [1.807, 2.05) is 0 Å². The number of furan rings is 1. The SMILES string of the molecule is CCCNCc1occc1-c1ccc(C(C)(C)C)cc1. The first-order chi connectivity index (χ1) is 9.52. The predicted octanol–water partition coefficient (Wildman–Crippen LogP) is 4.74. The van der Waals surface area contributed by atoms with Gasteiger partial charge in [-0.3, -0.25) is 0 Å². The van der Waals surface area contributed by atoms with Gasteiger partial charge in [-0.15, -0.1) is 0 Å². The summed E-state index contributed by atoms with van der Waals surface area (Å²) >= 11 is 0. The number of nitrogens with one attached hydrogen (secondary N) is 1. The molecule has 0 aliphatic heterocycles. The van der Waals surface area contributed by atoms with Crippen LogP contribution in [-0.2, 0) is 12.0 Å². The molecule has 0 amide bonds. The average Bonchev–Trinajstić information content (AvgIpc) is 2.87. The van der Waals surface area contributed by atoms with Gasteiger partial charge < -0.3 is 9.73 Å². The first-order valence-electron chi connectivity index (χ1n) is 7.40. The summed E-state index contributed by atoms with van der Waals surface area (Å²) in [5.41, 5.74) is 3.96. The van der Waals surface area contributed by atoms with Gasteiger partial charge in [0.25, 0.3) is 0 Å². The minimum Gasteiger partial charge on any atom is -0.467 e. The average molecular weight is 271 g/mol. The molecule has 1 N–H and O–H groups in total. The highest BCUT2D eigenvalue weighted by molar-refractivity contribution is 5.65. The second kappa shape index (κ2) is 6.27. The Morgan fingerprint density at radius 1 is 1.05 bits per heavy atom. The van der Waals surface area contributed by atoms with Crippen LogP contribution in [0, 0.1) is 0 Å². The van der Waals surface area contributed by atoms with Crippen molar-refractivity contribution in [3.8, 4) is 11.1 Å². The number of rotatable bonds is 5. The zero-order chi connectivity index (χ0) is 14.6. The van der Waals surface area contributed by atoms with E-state index in [1.54, 1.807) is 6.26 Å². The molecule has 0 aliphatic rings. The van der Waals surface area contributed by atoms with Gasteiger partial charge in [-0.1, -0.05) is 52.0 Å². The molecule has 0 bridgehead atoms. The monoisotopic (exact) mass is 271 g/mol. The Bertz CT molecular complexity index is 531. The summed E-state index contributed by atoms with van der Waals surface area (Å²) in [4.78, 5) is 0. The van der Waals surface area contributed by atoms with Gasteiger partial charge in [0.1, 0.15) is 5.76 Å². The van der Waals surface area contributed by atoms with E-state index >= 15 is 0 Å². The van der Waals surface area contributed by atoms with E-state index in [0.29, 0.717) is 0 Å². The fraction of sp³-hybridized carbons (Fsp3) is 0.444. The molecule has 108 valence electrons. The minimum atomic E-state index is 0.195. The van der Waals surface area contributed by atoms with Crippen molar-refractivity contribution >= 4 is 0 Å². The van der Waals surface area contributed by atoms with Crippen molar-refractivity contribution in [3.05, 3.63) is 47.9 Å². The summed E-state index contributed by atoms with van der Waals surface area (Å²) in [7, 11) is 0. The van der Waals surface area contributed by atoms with Gasteiger partial charge in [0.2, 0.25) is 0 Å². The van der Waals surface area contributed by atoms with E-state index in [4.69, 9.17) is 4.42 Å². The maximum atomic E-state index is 5.60. The normalized spacial score (nSPS) is 11.8. The van der Waals surface area contributed by atoms with Crippen LogP contribution >= 0.6 is 0 Å². The van der Waals surface area contributed by atoms with Crippen LogP contribution in [-0.4, -0.2) is 6.54 Å². The van der Waals surface area contributed by atoms with Crippen LogP contribution < -0.4 is 5.32 Å². The molecule has 1 aromatic heterocycles. The predicted molar refractivity (Wildman–Crippen MR) is 84.8 cm³/mol. The van der Waals surface area contributed by atoms with Crippen molar-refractivity contribution in [2.24, 2.45) is 0 Å². The summed E-state index contributed by atoms with van der Waals surface area (Å²) in [5, 5.41) is 3.39. The van der Waals surface area contributed by atoms with Crippen LogP contribution in [0.5, 0.6) is 0 Å². The van der Waals surface area contributed by atoms with Crippen LogP contribution in [0.15, 0.2) is 41.0 Å². The Kier molecular flexibility index (Phi) is 4.66. The topological polar surface area (TPSA) is 25.2 Å². The van der Waals surface area contributed by atoms with E-state index in [2.05, 4.69) is 63.3 Å². The number of benzene rings is 1. The molecule has 0 aliphatic carbocycles. The molecule has 2 rings (SSSR count). The molecular formula is C18H25NO. The lowest BCUT2D eigenvalue weighted by molar-refractivity contribution is 0.484. The van der Waals surface area contributed by atoms with Crippen molar-refractivity contribution in [1.82, 2.24) is 5.32 Å². The number of hydrogen-bond donors (Lipinski definition) is 1. The van der Waals surface area contributed by atoms with Gasteiger partial charge in [0.15, 0.2) is 0 Å². The smallest absolute Gasteiger partial charge is 0.125 e. The second-order valence-electron chi connectivity index (χ2n) is 6.26. The van der Waals surface area contributed by atoms with Crippen molar-refractivity contribution in [3.63, 3.8) is 0 Å². The van der Waals surface area contributed by atoms with E-state index < -0.39 is 0 Å². The highest BCUT2D eigenvalue weighted by atomic mass is 16.3. The molecule has 1 heterocycles.